The highest BCUT2D eigenvalue weighted by Crippen LogP contribution is 2.26. The van der Waals surface area contributed by atoms with Gasteiger partial charge in [-0.3, -0.25) is 14.9 Å². The van der Waals surface area contributed by atoms with E-state index in [-0.39, 0.29) is 16.4 Å². The van der Waals surface area contributed by atoms with Crippen molar-refractivity contribution in [2.24, 2.45) is 0 Å². The van der Waals surface area contributed by atoms with Crippen LogP contribution in [-0.4, -0.2) is 22.2 Å². The number of alkyl halides is 1. The minimum Gasteiger partial charge on any atom is -0.311 e. The average molecular weight is 285 g/mol. The van der Waals surface area contributed by atoms with Crippen molar-refractivity contribution < 1.29 is 9.72 Å². The number of anilines is 1. The summed E-state index contributed by atoms with van der Waals surface area (Å²) in [6.07, 6.45) is 0.760. The highest BCUT2D eigenvalue weighted by molar-refractivity contribution is 9.10. The average Bonchev–Trinajstić information content (AvgIpc) is 2.60. The van der Waals surface area contributed by atoms with E-state index >= 15 is 0 Å². The summed E-state index contributed by atoms with van der Waals surface area (Å²) in [5, 5.41) is 10.5. The van der Waals surface area contributed by atoms with Crippen molar-refractivity contribution in [2.75, 3.05) is 11.4 Å². The second-order valence-electron chi connectivity index (χ2n) is 3.52. The second-order valence-corrected chi connectivity index (χ2v) is 4.62. The molecule has 84 valence electrons. The number of carbonyl (C=O) groups is 1. The van der Waals surface area contributed by atoms with Crippen molar-refractivity contribution in [1.29, 1.82) is 0 Å². The van der Waals surface area contributed by atoms with Gasteiger partial charge in [0.25, 0.3) is 5.69 Å². The molecule has 0 aliphatic carbocycles. The number of nitro groups is 1. The Kier molecular flexibility index (Phi) is 2.91. The van der Waals surface area contributed by atoms with E-state index in [0.29, 0.717) is 12.2 Å². The van der Waals surface area contributed by atoms with E-state index in [1.807, 2.05) is 0 Å². The maximum absolute atomic E-state index is 11.7. The minimum atomic E-state index is -0.455. The fourth-order valence-electron chi connectivity index (χ4n) is 1.66. The van der Waals surface area contributed by atoms with E-state index in [9.17, 15) is 14.9 Å². The molecule has 1 unspecified atom stereocenters. The number of carbonyl (C=O) groups excluding carboxylic acids is 1. The third-order valence-electron chi connectivity index (χ3n) is 2.51. The number of nitrogens with zero attached hydrogens (tertiary/aromatic N) is 2. The largest absolute Gasteiger partial charge is 0.311 e. The zero-order valence-corrected chi connectivity index (χ0v) is 9.88. The molecule has 6 heteroatoms. The molecule has 0 radical (unpaired) electrons. The summed E-state index contributed by atoms with van der Waals surface area (Å²) >= 11 is 3.28. The maximum atomic E-state index is 11.7. The lowest BCUT2D eigenvalue weighted by molar-refractivity contribution is -0.384. The van der Waals surface area contributed by atoms with Crippen LogP contribution in [0.4, 0.5) is 11.4 Å². The molecule has 0 saturated carbocycles. The Balaban J connectivity index is 2.22. The molecule has 5 nitrogen and oxygen atoms in total. The fourth-order valence-corrected chi connectivity index (χ4v) is 2.11. The van der Waals surface area contributed by atoms with Gasteiger partial charge in [-0.05, 0) is 18.6 Å². The third kappa shape index (κ3) is 1.92. The molecule has 0 N–H and O–H groups in total. The van der Waals surface area contributed by atoms with Crippen molar-refractivity contribution in [3.05, 3.63) is 34.4 Å². The molecule has 1 aliphatic heterocycles. The van der Waals surface area contributed by atoms with Crippen LogP contribution in [0.3, 0.4) is 0 Å². The molecule has 0 spiro atoms. The number of benzene rings is 1. The summed E-state index contributed by atoms with van der Waals surface area (Å²) in [5.41, 5.74) is 0.739. The van der Waals surface area contributed by atoms with Gasteiger partial charge < -0.3 is 4.90 Å². The number of hydrogen-bond donors (Lipinski definition) is 0. The first-order chi connectivity index (χ1) is 7.59. The summed E-state index contributed by atoms with van der Waals surface area (Å²) in [5.74, 6) is 0.00820. The SMILES string of the molecule is O=C1C(Br)CCN1c1ccc([N+](=O)[O-])cc1. The number of amides is 1. The van der Waals surface area contributed by atoms with E-state index in [4.69, 9.17) is 0 Å². The summed E-state index contributed by atoms with van der Waals surface area (Å²) in [6, 6.07) is 6.01. The van der Waals surface area contributed by atoms with Gasteiger partial charge in [0.15, 0.2) is 0 Å². The van der Waals surface area contributed by atoms with Crippen molar-refractivity contribution in [2.45, 2.75) is 11.2 Å². The lowest BCUT2D eigenvalue weighted by atomic mass is 10.2. The van der Waals surface area contributed by atoms with Gasteiger partial charge in [0.05, 0.1) is 9.75 Å². The maximum Gasteiger partial charge on any atom is 0.269 e. The number of nitro benzene ring substituents is 1. The molecule has 0 bridgehead atoms. The smallest absolute Gasteiger partial charge is 0.269 e. The van der Waals surface area contributed by atoms with Crippen LogP contribution in [0.5, 0.6) is 0 Å². The molecule has 16 heavy (non-hydrogen) atoms. The van der Waals surface area contributed by atoms with Crippen LogP contribution in [0, 0.1) is 10.1 Å². The van der Waals surface area contributed by atoms with Crippen LogP contribution < -0.4 is 4.90 Å². The summed E-state index contributed by atoms with van der Waals surface area (Å²) in [4.78, 5) is 23.2. The van der Waals surface area contributed by atoms with Gasteiger partial charge in [-0.2, -0.15) is 0 Å². The molecule has 2 rings (SSSR count). The Hall–Kier alpha value is -1.43. The molecular formula is C10H9BrN2O3. The minimum absolute atomic E-state index is 0.00820. The molecule has 1 aromatic carbocycles. The number of hydrogen-bond acceptors (Lipinski definition) is 3. The van der Waals surface area contributed by atoms with Gasteiger partial charge in [0.1, 0.15) is 0 Å². The van der Waals surface area contributed by atoms with E-state index in [2.05, 4.69) is 15.9 Å². The first kappa shape index (κ1) is 11.1. The van der Waals surface area contributed by atoms with Crippen molar-refractivity contribution in [3.63, 3.8) is 0 Å². The van der Waals surface area contributed by atoms with Crippen molar-refractivity contribution in [3.8, 4) is 0 Å². The zero-order chi connectivity index (χ0) is 11.7. The van der Waals surface area contributed by atoms with Gasteiger partial charge in [0, 0.05) is 24.4 Å². The number of rotatable bonds is 2. The Labute approximate surface area is 100 Å². The van der Waals surface area contributed by atoms with E-state index in [1.165, 1.54) is 12.1 Å². The lowest BCUT2D eigenvalue weighted by Gasteiger charge is -2.15. The van der Waals surface area contributed by atoms with E-state index in [0.717, 1.165) is 6.42 Å². The molecular weight excluding hydrogens is 276 g/mol. The monoisotopic (exact) mass is 284 g/mol. The first-order valence-electron chi connectivity index (χ1n) is 4.79. The molecule has 1 aliphatic rings. The van der Waals surface area contributed by atoms with Crippen LogP contribution in [0.2, 0.25) is 0 Å². The topological polar surface area (TPSA) is 63.5 Å². The fraction of sp³-hybridized carbons (Fsp3) is 0.300. The van der Waals surface area contributed by atoms with Crippen molar-refractivity contribution >= 4 is 33.2 Å². The van der Waals surface area contributed by atoms with Gasteiger partial charge in [0.2, 0.25) is 5.91 Å². The Morgan fingerprint density at radius 3 is 2.44 bits per heavy atom. The van der Waals surface area contributed by atoms with Crippen LogP contribution in [-0.2, 0) is 4.79 Å². The van der Waals surface area contributed by atoms with Crippen molar-refractivity contribution in [1.82, 2.24) is 0 Å². The predicted octanol–water partition coefficient (Wildman–Crippen LogP) is 2.09. The van der Waals surface area contributed by atoms with Gasteiger partial charge in [-0.25, -0.2) is 0 Å². The molecule has 1 heterocycles. The van der Waals surface area contributed by atoms with Crippen LogP contribution in [0.25, 0.3) is 0 Å². The molecule has 1 fully saturated rings. The standard InChI is InChI=1S/C10H9BrN2O3/c11-9-5-6-12(10(9)14)7-1-3-8(4-2-7)13(15)16/h1-4,9H,5-6H2. The summed E-state index contributed by atoms with van der Waals surface area (Å²) in [7, 11) is 0. The van der Waals surface area contributed by atoms with Crippen LogP contribution >= 0.6 is 15.9 Å². The van der Waals surface area contributed by atoms with Gasteiger partial charge >= 0.3 is 0 Å². The van der Waals surface area contributed by atoms with Gasteiger partial charge in [-0.15, -0.1) is 0 Å². The van der Waals surface area contributed by atoms with E-state index in [1.54, 1.807) is 17.0 Å². The molecule has 1 aromatic rings. The highest BCUT2D eigenvalue weighted by atomic mass is 79.9. The normalized spacial score (nSPS) is 20.2. The van der Waals surface area contributed by atoms with Crippen LogP contribution in [0.1, 0.15) is 6.42 Å². The Bertz CT molecular complexity index is 432. The molecule has 1 atom stereocenters. The summed E-state index contributed by atoms with van der Waals surface area (Å²) < 4.78 is 0. The van der Waals surface area contributed by atoms with Gasteiger partial charge in [-0.1, -0.05) is 15.9 Å². The van der Waals surface area contributed by atoms with Crippen LogP contribution in [0.15, 0.2) is 24.3 Å². The second kappa shape index (κ2) is 4.21. The predicted molar refractivity (Wildman–Crippen MR) is 62.8 cm³/mol. The molecule has 1 saturated heterocycles. The van der Waals surface area contributed by atoms with E-state index < -0.39 is 4.92 Å². The highest BCUT2D eigenvalue weighted by Gasteiger charge is 2.30. The quantitative estimate of drug-likeness (QED) is 0.475. The first-order valence-corrected chi connectivity index (χ1v) is 5.71. The lowest BCUT2D eigenvalue weighted by Crippen LogP contribution is -2.26. The number of non-ortho nitro benzene ring substituents is 1. The number of halogens is 1. The molecule has 0 aromatic heterocycles. The molecule has 1 amide bonds. The zero-order valence-electron chi connectivity index (χ0n) is 8.30. The Morgan fingerprint density at radius 2 is 2.00 bits per heavy atom. The third-order valence-corrected chi connectivity index (χ3v) is 3.36. The Morgan fingerprint density at radius 1 is 1.38 bits per heavy atom. The summed E-state index contributed by atoms with van der Waals surface area (Å²) in [6.45, 7) is 0.645.